The molecule has 4 rings (SSSR count). The topological polar surface area (TPSA) is 386 Å². The summed E-state index contributed by atoms with van der Waals surface area (Å²) in [5, 5.41) is 74.2. The van der Waals surface area contributed by atoms with Crippen LogP contribution >= 0.6 is 0 Å². The van der Waals surface area contributed by atoms with Crippen LogP contribution in [-0.2, 0) is 51.2 Å². The molecular formula is C52H79LuN11O16. The Bertz CT molecular complexity index is 2330. The number of carbonyl (C=O) groups is 9. The second-order valence-electron chi connectivity index (χ2n) is 20.2. The van der Waals surface area contributed by atoms with Crippen LogP contribution < -0.4 is 20.9 Å². The predicted molar refractivity (Wildman–Crippen MR) is 285 cm³/mol. The number of unbranched alkanes of at least 4 members (excludes halogenated alkanes) is 6. The Kier molecular flexibility index (Phi) is 31.8. The first-order valence-corrected chi connectivity index (χ1v) is 27.1. The van der Waals surface area contributed by atoms with E-state index in [1.54, 1.807) is 19.6 Å². The van der Waals surface area contributed by atoms with Crippen LogP contribution in [0, 0.1) is 36.9 Å². The zero-order valence-electron chi connectivity index (χ0n) is 45.1. The Labute approximate surface area is 494 Å². The molecular weight excluding hydrogens is 1210 g/mol. The number of anilines is 2. The third kappa shape index (κ3) is 28.0. The fourth-order valence-corrected chi connectivity index (χ4v) is 9.51. The number of carboxylic acids is 7. The summed E-state index contributed by atoms with van der Waals surface area (Å²) >= 11 is 0. The molecule has 3 heterocycles. The van der Waals surface area contributed by atoms with Crippen LogP contribution in [0.3, 0.4) is 0 Å². The summed E-state index contributed by atoms with van der Waals surface area (Å²) in [6.07, 6.45) is 9.05. The van der Waals surface area contributed by atoms with Crippen molar-refractivity contribution >= 4 is 65.5 Å². The molecule has 1 aromatic heterocycles. The third-order valence-corrected chi connectivity index (χ3v) is 13.7. The van der Waals surface area contributed by atoms with Gasteiger partial charge in [-0.1, -0.05) is 56.4 Å². The number of nitrogens with zero attached hydrogens (tertiary/aromatic N) is 8. The van der Waals surface area contributed by atoms with E-state index in [2.05, 4.69) is 20.9 Å². The number of ketones is 1. The number of piperidine rings is 1. The quantitative estimate of drug-likeness (QED) is 0.0447. The van der Waals surface area contributed by atoms with Gasteiger partial charge in [-0.25, -0.2) is 14.4 Å². The summed E-state index contributed by atoms with van der Waals surface area (Å²) in [5.74, 6) is -6.95. The number of nitrogens with one attached hydrogen (secondary N) is 3. The van der Waals surface area contributed by atoms with E-state index in [4.69, 9.17) is 20.1 Å². The van der Waals surface area contributed by atoms with Gasteiger partial charge in [-0.2, -0.15) is 15.0 Å². The minimum atomic E-state index is -1.53. The molecule has 453 valence electrons. The molecule has 1 aromatic carbocycles. The SMILES string of the molecule is O=C(O)CC[C@H](NC(=O)N[C@@H](CCC(=O)CCCCCCCCCNc1nc(Cc2ccc(CC3CN(CC(=O)O)CCN(CC(=O)O)CCN(CC(=O)O)CCN3CC(=O)O)cc2)nc(N2CCCCC2)n1)C(=O)O)C(=O)O.[Lu]. The summed E-state index contributed by atoms with van der Waals surface area (Å²) in [5.41, 5.74) is 1.77. The monoisotopic (exact) mass is 1290 g/mol. The van der Waals surface area contributed by atoms with Gasteiger partial charge in [0.15, 0.2) is 0 Å². The number of amides is 2. The number of aliphatic carboxylic acids is 7. The number of Topliss-reactive ketones (excluding diaryl/α,β-unsaturated/α-hetero) is 1. The zero-order chi connectivity index (χ0) is 57.7. The van der Waals surface area contributed by atoms with Gasteiger partial charge in [0.2, 0.25) is 11.9 Å². The summed E-state index contributed by atoms with van der Waals surface area (Å²) in [6, 6.07) is 3.21. The molecule has 0 spiro atoms. The maximum absolute atomic E-state index is 12.5. The number of urea groups is 1. The van der Waals surface area contributed by atoms with E-state index < -0.39 is 78.8 Å². The minimum absolute atomic E-state index is 0. The first-order valence-electron chi connectivity index (χ1n) is 27.1. The van der Waals surface area contributed by atoms with Crippen molar-refractivity contribution in [2.24, 2.45) is 0 Å². The fraction of sp³-hybridized carbons (Fsp3) is 0.654. The van der Waals surface area contributed by atoms with Crippen molar-refractivity contribution in [3.8, 4) is 0 Å². The largest absolute Gasteiger partial charge is 0.481 e. The molecule has 3 atom stereocenters. The number of rotatable bonds is 34. The van der Waals surface area contributed by atoms with Crippen molar-refractivity contribution in [3.05, 3.63) is 41.2 Å². The van der Waals surface area contributed by atoms with Crippen LogP contribution in [0.15, 0.2) is 24.3 Å². The second kappa shape index (κ2) is 37.2. The van der Waals surface area contributed by atoms with E-state index in [1.165, 1.54) is 0 Å². The Morgan fingerprint density at radius 1 is 0.525 bits per heavy atom. The van der Waals surface area contributed by atoms with E-state index in [-0.39, 0.29) is 134 Å². The molecule has 2 aliphatic rings. The standard InChI is InChI=1S/C52H79N11O16.Lu/c64-39(16-17-40(48(75)76)54-52(79)55-41(49(77)78)18-19-43(65)66)11-7-4-2-1-3-5-8-20-53-50-56-42(57-51(58-50)62-21-9-6-10-22-62)30-37-14-12-36(13-15-37)29-38-31-61(34-46(71)72)26-25-59(32-44(67)68)23-24-60(33-45(69)70)27-28-63(38)35-47(73)74;/h12-15,38,40-41H,1-11,16-35H2,(H,65,66)(H,67,68)(H,69,70)(H,71,72)(H,73,74)(H,75,76)(H,77,78)(H2,54,55,79)(H,53,56,57,58);/t38?,40-,41-;/m0./s1. The van der Waals surface area contributed by atoms with Gasteiger partial charge in [-0.3, -0.25) is 48.4 Å². The van der Waals surface area contributed by atoms with Crippen molar-refractivity contribution in [1.29, 1.82) is 0 Å². The molecule has 2 saturated heterocycles. The Morgan fingerprint density at radius 2 is 1.02 bits per heavy atom. The van der Waals surface area contributed by atoms with Crippen molar-refractivity contribution in [1.82, 2.24) is 45.2 Å². The van der Waals surface area contributed by atoms with Crippen molar-refractivity contribution in [2.45, 2.75) is 127 Å². The molecule has 2 aromatic rings. The average Bonchev–Trinajstić information content (AvgIpc) is 3.38. The minimum Gasteiger partial charge on any atom is -0.481 e. The van der Waals surface area contributed by atoms with E-state index in [1.807, 2.05) is 24.3 Å². The van der Waals surface area contributed by atoms with Gasteiger partial charge < -0.3 is 56.6 Å². The molecule has 80 heavy (non-hydrogen) atoms. The molecule has 0 bridgehead atoms. The number of aromatic nitrogens is 3. The molecule has 2 fully saturated rings. The zero-order valence-corrected chi connectivity index (χ0v) is 46.8. The number of carboxylic acid groups (broad SMARTS) is 7. The average molecular weight is 1290 g/mol. The van der Waals surface area contributed by atoms with Gasteiger partial charge in [0.1, 0.15) is 23.7 Å². The van der Waals surface area contributed by atoms with E-state index in [0.717, 1.165) is 82.0 Å². The fourth-order valence-electron chi connectivity index (χ4n) is 9.51. The molecule has 27 nitrogen and oxygen atoms in total. The van der Waals surface area contributed by atoms with Crippen molar-refractivity contribution in [3.63, 3.8) is 0 Å². The van der Waals surface area contributed by atoms with E-state index >= 15 is 0 Å². The molecule has 0 aliphatic carbocycles. The van der Waals surface area contributed by atoms with Crippen LogP contribution in [0.2, 0.25) is 0 Å². The van der Waals surface area contributed by atoms with Crippen LogP contribution in [0.25, 0.3) is 0 Å². The van der Waals surface area contributed by atoms with Gasteiger partial charge in [0.05, 0.1) is 26.2 Å². The van der Waals surface area contributed by atoms with Gasteiger partial charge in [-0.05, 0) is 62.5 Å². The maximum atomic E-state index is 12.5. The third-order valence-electron chi connectivity index (χ3n) is 13.7. The van der Waals surface area contributed by atoms with E-state index in [0.29, 0.717) is 43.5 Å². The Hall–Kier alpha value is -5.87. The summed E-state index contributed by atoms with van der Waals surface area (Å²) < 4.78 is 0. The van der Waals surface area contributed by atoms with Crippen LogP contribution in [0.5, 0.6) is 0 Å². The molecule has 10 N–H and O–H groups in total. The maximum Gasteiger partial charge on any atom is 0.326 e. The molecule has 0 saturated carbocycles. The Balaban J connectivity index is 0.0000168. The first kappa shape index (κ1) is 68.4. The van der Waals surface area contributed by atoms with E-state index in [9.17, 15) is 73.8 Å². The van der Waals surface area contributed by atoms with Crippen LogP contribution in [0.1, 0.15) is 113 Å². The van der Waals surface area contributed by atoms with Crippen molar-refractivity contribution in [2.75, 3.05) is 102 Å². The molecule has 1 radical (unpaired) electrons. The van der Waals surface area contributed by atoms with Gasteiger partial charge in [0.25, 0.3) is 0 Å². The first-order chi connectivity index (χ1) is 37.7. The number of hydrogen-bond acceptors (Lipinski definition) is 18. The molecule has 1 unspecified atom stereocenters. The van der Waals surface area contributed by atoms with Crippen molar-refractivity contribution < 1.29 is 116 Å². The predicted octanol–water partition coefficient (Wildman–Crippen LogP) is 1.88. The smallest absolute Gasteiger partial charge is 0.326 e. The van der Waals surface area contributed by atoms with Crippen LogP contribution in [-0.4, -0.2) is 234 Å². The van der Waals surface area contributed by atoms with Crippen LogP contribution in [0.4, 0.5) is 16.7 Å². The van der Waals surface area contributed by atoms with Gasteiger partial charge >= 0.3 is 47.8 Å². The molecule has 2 aliphatic heterocycles. The number of hydrogen-bond donors (Lipinski definition) is 10. The second-order valence-corrected chi connectivity index (χ2v) is 20.2. The van der Waals surface area contributed by atoms with Gasteiger partial charge in [-0.15, -0.1) is 0 Å². The molecule has 28 heteroatoms. The normalized spacial score (nSPS) is 16.9. The summed E-state index contributed by atoms with van der Waals surface area (Å²) in [6.45, 7) is 2.27. The number of carbonyl (C=O) groups excluding carboxylic acids is 2. The number of benzene rings is 1. The summed E-state index contributed by atoms with van der Waals surface area (Å²) in [4.78, 5) is 130. The molecule has 2 amide bonds. The summed E-state index contributed by atoms with van der Waals surface area (Å²) in [7, 11) is 0. The van der Waals surface area contributed by atoms with Gasteiger partial charge in [0, 0.05) is 134 Å². The Morgan fingerprint density at radius 3 is 1.57 bits per heavy atom.